The van der Waals surface area contributed by atoms with E-state index in [4.69, 9.17) is 9.73 Å². The summed E-state index contributed by atoms with van der Waals surface area (Å²) in [5.41, 5.74) is 3.83. The van der Waals surface area contributed by atoms with Crippen molar-refractivity contribution in [2.45, 2.75) is 19.6 Å². The topological polar surface area (TPSA) is 40.1 Å². The normalized spacial score (nSPS) is 15.0. The average molecular weight is 494 g/mol. The molecule has 1 aliphatic rings. The minimum atomic E-state index is 0. The molecule has 0 spiro atoms. The first-order valence-corrected chi connectivity index (χ1v) is 9.58. The number of aliphatic imine (C=N–C) groups is 1. The lowest BCUT2D eigenvalue weighted by Gasteiger charge is -2.26. The molecule has 0 saturated carbocycles. The van der Waals surface area contributed by atoms with Gasteiger partial charge in [0.05, 0.1) is 19.8 Å². The number of nitrogens with zero attached hydrogens (tertiary/aromatic N) is 3. The molecule has 0 radical (unpaired) electrons. The molecule has 152 valence electrons. The predicted octanol–water partition coefficient (Wildman–Crippen LogP) is 3.34. The van der Waals surface area contributed by atoms with Gasteiger partial charge in [0, 0.05) is 40.3 Å². The maximum atomic E-state index is 5.43. The van der Waals surface area contributed by atoms with Crippen molar-refractivity contribution in [1.82, 2.24) is 15.1 Å². The third-order valence-corrected chi connectivity index (χ3v) is 4.63. The van der Waals surface area contributed by atoms with Crippen LogP contribution >= 0.6 is 24.0 Å². The molecule has 0 aliphatic carbocycles. The molecule has 6 heteroatoms. The smallest absolute Gasteiger partial charge is 0.194 e. The van der Waals surface area contributed by atoms with E-state index in [1.807, 2.05) is 25.1 Å². The van der Waals surface area contributed by atoms with Crippen molar-refractivity contribution in [2.75, 3.05) is 40.4 Å². The van der Waals surface area contributed by atoms with Gasteiger partial charge in [-0.2, -0.15) is 0 Å². The first-order chi connectivity index (χ1) is 13.2. The Morgan fingerprint density at radius 1 is 1.00 bits per heavy atom. The number of guanidine groups is 1. The van der Waals surface area contributed by atoms with Crippen LogP contribution in [0.25, 0.3) is 0 Å². The molecular weight excluding hydrogens is 463 g/mol. The molecule has 3 rings (SSSR count). The molecular formula is C22H31IN4O. The van der Waals surface area contributed by atoms with Crippen LogP contribution in [0.4, 0.5) is 0 Å². The Balaban J connectivity index is 0.00000280. The summed E-state index contributed by atoms with van der Waals surface area (Å²) in [6.07, 6.45) is 0. The van der Waals surface area contributed by atoms with E-state index in [9.17, 15) is 0 Å². The number of hydrogen-bond donors (Lipinski definition) is 1. The minimum Gasteiger partial charge on any atom is -0.379 e. The van der Waals surface area contributed by atoms with Crippen LogP contribution in [0.2, 0.25) is 0 Å². The molecule has 1 aliphatic heterocycles. The number of rotatable bonds is 6. The fraction of sp³-hybridized carbons (Fsp3) is 0.409. The third-order valence-electron chi connectivity index (χ3n) is 4.63. The Morgan fingerprint density at radius 3 is 2.39 bits per heavy atom. The maximum absolute atomic E-state index is 5.43. The third kappa shape index (κ3) is 7.41. The number of halogens is 1. The molecule has 0 amide bonds. The van der Waals surface area contributed by atoms with Gasteiger partial charge in [0.1, 0.15) is 0 Å². The zero-order chi connectivity index (χ0) is 18.9. The highest BCUT2D eigenvalue weighted by Gasteiger charge is 2.10. The van der Waals surface area contributed by atoms with Crippen LogP contribution in [0.15, 0.2) is 59.6 Å². The number of nitrogens with one attached hydrogen (secondary N) is 1. The highest BCUT2D eigenvalue weighted by Crippen LogP contribution is 2.11. The summed E-state index contributed by atoms with van der Waals surface area (Å²) in [5.74, 6) is 0.900. The van der Waals surface area contributed by atoms with Crippen LogP contribution in [0.3, 0.4) is 0 Å². The minimum absolute atomic E-state index is 0. The van der Waals surface area contributed by atoms with Crippen molar-refractivity contribution in [1.29, 1.82) is 0 Å². The van der Waals surface area contributed by atoms with Crippen LogP contribution in [0, 0.1) is 0 Å². The van der Waals surface area contributed by atoms with Gasteiger partial charge in [0.2, 0.25) is 0 Å². The van der Waals surface area contributed by atoms with E-state index in [1.54, 1.807) is 0 Å². The van der Waals surface area contributed by atoms with Gasteiger partial charge in [-0.3, -0.25) is 4.90 Å². The second-order valence-electron chi connectivity index (χ2n) is 7.08. The molecule has 5 nitrogen and oxygen atoms in total. The lowest BCUT2D eigenvalue weighted by atomic mass is 10.1. The van der Waals surface area contributed by atoms with Gasteiger partial charge in [0.15, 0.2) is 5.96 Å². The van der Waals surface area contributed by atoms with Crippen molar-refractivity contribution in [3.05, 3.63) is 71.3 Å². The van der Waals surface area contributed by atoms with Crippen molar-refractivity contribution in [3.8, 4) is 0 Å². The fourth-order valence-corrected chi connectivity index (χ4v) is 3.14. The van der Waals surface area contributed by atoms with Gasteiger partial charge >= 0.3 is 0 Å². The highest BCUT2D eigenvalue weighted by molar-refractivity contribution is 14.0. The van der Waals surface area contributed by atoms with Gasteiger partial charge in [-0.05, 0) is 16.7 Å². The van der Waals surface area contributed by atoms with Gasteiger partial charge in [-0.15, -0.1) is 24.0 Å². The maximum Gasteiger partial charge on any atom is 0.194 e. The van der Waals surface area contributed by atoms with Crippen molar-refractivity contribution < 1.29 is 4.74 Å². The Bertz CT molecular complexity index is 730. The number of morpholine rings is 1. The van der Waals surface area contributed by atoms with E-state index >= 15 is 0 Å². The highest BCUT2D eigenvalue weighted by atomic mass is 127. The first kappa shape index (κ1) is 22.6. The van der Waals surface area contributed by atoms with E-state index in [-0.39, 0.29) is 24.0 Å². The Labute approximate surface area is 185 Å². The molecule has 1 heterocycles. The Morgan fingerprint density at radius 2 is 1.68 bits per heavy atom. The summed E-state index contributed by atoms with van der Waals surface area (Å²) in [6.45, 7) is 6.12. The van der Waals surface area contributed by atoms with Crippen molar-refractivity contribution >= 4 is 29.9 Å². The lowest BCUT2D eigenvalue weighted by molar-refractivity contribution is 0.0342. The van der Waals surface area contributed by atoms with Gasteiger partial charge < -0.3 is 15.0 Å². The Hall–Kier alpha value is -1.64. The first-order valence-electron chi connectivity index (χ1n) is 9.58. The van der Waals surface area contributed by atoms with Crippen LogP contribution in [-0.2, 0) is 24.4 Å². The van der Waals surface area contributed by atoms with E-state index in [0.29, 0.717) is 6.54 Å². The lowest BCUT2D eigenvalue weighted by Crippen LogP contribution is -2.36. The van der Waals surface area contributed by atoms with E-state index in [0.717, 1.165) is 45.4 Å². The molecule has 0 unspecified atom stereocenters. The fourth-order valence-electron chi connectivity index (χ4n) is 3.14. The second kappa shape index (κ2) is 12.0. The average Bonchev–Trinajstić information content (AvgIpc) is 2.69. The second-order valence-corrected chi connectivity index (χ2v) is 7.08. The van der Waals surface area contributed by atoms with E-state index in [1.165, 1.54) is 16.7 Å². The SMILES string of the molecule is CN(C)C(=NCc1cccc(CN2CCOCC2)c1)NCc1ccccc1.I. The van der Waals surface area contributed by atoms with Crippen LogP contribution in [0.5, 0.6) is 0 Å². The molecule has 0 atom stereocenters. The van der Waals surface area contributed by atoms with E-state index in [2.05, 4.69) is 58.7 Å². The Kier molecular flexibility index (Phi) is 9.73. The summed E-state index contributed by atoms with van der Waals surface area (Å²) in [6, 6.07) is 19.1. The summed E-state index contributed by atoms with van der Waals surface area (Å²) in [5, 5.41) is 3.44. The molecule has 2 aromatic rings. The zero-order valence-electron chi connectivity index (χ0n) is 16.8. The molecule has 2 aromatic carbocycles. The summed E-state index contributed by atoms with van der Waals surface area (Å²) < 4.78 is 5.43. The van der Waals surface area contributed by atoms with Gasteiger partial charge in [-0.1, -0.05) is 54.6 Å². The number of ether oxygens (including phenoxy) is 1. The summed E-state index contributed by atoms with van der Waals surface area (Å²) in [7, 11) is 4.04. The molecule has 28 heavy (non-hydrogen) atoms. The molecule has 1 saturated heterocycles. The van der Waals surface area contributed by atoms with E-state index < -0.39 is 0 Å². The summed E-state index contributed by atoms with van der Waals surface area (Å²) >= 11 is 0. The molecule has 0 bridgehead atoms. The molecule has 1 fully saturated rings. The number of hydrogen-bond acceptors (Lipinski definition) is 3. The monoisotopic (exact) mass is 494 g/mol. The molecule has 1 N–H and O–H groups in total. The largest absolute Gasteiger partial charge is 0.379 e. The van der Waals surface area contributed by atoms with Crippen molar-refractivity contribution in [2.24, 2.45) is 4.99 Å². The predicted molar refractivity (Wildman–Crippen MR) is 126 cm³/mol. The molecule has 0 aromatic heterocycles. The van der Waals surface area contributed by atoms with Gasteiger partial charge in [-0.25, -0.2) is 4.99 Å². The summed E-state index contributed by atoms with van der Waals surface area (Å²) in [4.78, 5) is 9.27. The van der Waals surface area contributed by atoms with Crippen LogP contribution < -0.4 is 5.32 Å². The number of benzene rings is 2. The zero-order valence-corrected chi connectivity index (χ0v) is 19.1. The standard InChI is InChI=1S/C22H30N4O.HI/c1-25(2)22(23-16-19-7-4-3-5-8-19)24-17-20-9-6-10-21(15-20)18-26-11-13-27-14-12-26;/h3-10,15H,11-14,16-18H2,1-2H3,(H,23,24);1H. The van der Waals surface area contributed by atoms with Crippen LogP contribution in [0.1, 0.15) is 16.7 Å². The quantitative estimate of drug-likeness (QED) is 0.380. The van der Waals surface area contributed by atoms with Crippen LogP contribution in [-0.4, -0.2) is 56.2 Å². The van der Waals surface area contributed by atoms with Gasteiger partial charge in [0.25, 0.3) is 0 Å². The van der Waals surface area contributed by atoms with Crippen molar-refractivity contribution in [3.63, 3.8) is 0 Å².